The number of fused-ring (bicyclic) bond motifs is 1. The van der Waals surface area contributed by atoms with Gasteiger partial charge < -0.3 is 19.2 Å². The molecule has 0 fully saturated rings. The van der Waals surface area contributed by atoms with Crippen molar-refractivity contribution < 1.29 is 18.7 Å². The number of aryl methyl sites for hydroxylation is 1. The van der Waals surface area contributed by atoms with Crippen molar-refractivity contribution in [3.05, 3.63) is 59.8 Å². The first-order valence-corrected chi connectivity index (χ1v) is 16.5. The van der Waals surface area contributed by atoms with Crippen molar-refractivity contribution in [2.45, 2.75) is 71.6 Å². The van der Waals surface area contributed by atoms with Gasteiger partial charge in [-0.2, -0.15) is 9.78 Å². The molecule has 13 heteroatoms. The van der Waals surface area contributed by atoms with Gasteiger partial charge in [-0.15, -0.1) is 0 Å². The average Bonchev–Trinajstić information content (AvgIpc) is 3.33. The fraction of sp³-hybridized carbons (Fsp3) is 0.429. The molecule has 11 nitrogen and oxygen atoms in total. The number of halogens is 1. The van der Waals surface area contributed by atoms with Gasteiger partial charge in [0.1, 0.15) is 17.5 Å². The maximum Gasteiger partial charge on any atom is 0.298 e. The highest BCUT2D eigenvalue weighted by Crippen LogP contribution is 2.37. The molecule has 4 aromatic rings. The molecule has 0 aliphatic heterocycles. The van der Waals surface area contributed by atoms with Crippen LogP contribution in [0.5, 0.6) is 5.88 Å². The lowest BCUT2D eigenvalue weighted by atomic mass is 10.2. The van der Waals surface area contributed by atoms with E-state index >= 15 is 0 Å². The summed E-state index contributed by atoms with van der Waals surface area (Å²) in [6.07, 6.45) is 5.81. The number of rotatable bonds is 10. The van der Waals surface area contributed by atoms with Crippen LogP contribution < -0.4 is 10.1 Å². The van der Waals surface area contributed by atoms with E-state index < -0.39 is 20.0 Å². The number of hydrogen-bond donors (Lipinski definition) is 1. The zero-order valence-electron chi connectivity index (χ0n) is 24.6. The Balaban J connectivity index is 1.64. The van der Waals surface area contributed by atoms with Gasteiger partial charge in [-0.25, -0.2) is 19.9 Å². The summed E-state index contributed by atoms with van der Waals surface area (Å²) < 4.78 is 20.4. The Morgan fingerprint density at radius 2 is 1.85 bits per heavy atom. The zero-order chi connectivity index (χ0) is 30.0. The summed E-state index contributed by atoms with van der Waals surface area (Å²) in [5.41, 5.74) is 1.36. The van der Waals surface area contributed by atoms with Crippen molar-refractivity contribution in [1.29, 1.82) is 0 Å². The minimum Gasteiger partial charge on any atom is -0.435 e. The van der Waals surface area contributed by atoms with Crippen LogP contribution in [0.25, 0.3) is 16.9 Å². The number of amides is 1. The molecule has 0 saturated heterocycles. The fourth-order valence-electron chi connectivity index (χ4n) is 3.68. The summed E-state index contributed by atoms with van der Waals surface area (Å²) in [6, 6.07) is 6.99. The third kappa shape index (κ3) is 6.89. The first kappa shape index (κ1) is 30.5. The van der Waals surface area contributed by atoms with Crippen LogP contribution >= 0.6 is 11.6 Å². The molecule has 4 heterocycles. The van der Waals surface area contributed by atoms with Crippen molar-refractivity contribution in [2.24, 2.45) is 0 Å². The Kier molecular flexibility index (Phi) is 8.78. The summed E-state index contributed by atoms with van der Waals surface area (Å²) in [4.78, 5) is 30.9. The van der Waals surface area contributed by atoms with Gasteiger partial charge in [0.05, 0.1) is 23.9 Å². The molecule has 0 spiro atoms. The maximum absolute atomic E-state index is 13.7. The second-order valence-electron chi connectivity index (χ2n) is 11.5. The van der Waals surface area contributed by atoms with Crippen LogP contribution in [0.15, 0.2) is 49.2 Å². The van der Waals surface area contributed by atoms with E-state index in [1.54, 1.807) is 30.6 Å². The highest BCUT2D eigenvalue weighted by atomic mass is 35.5. The molecule has 1 amide bonds. The largest absolute Gasteiger partial charge is 0.435 e. The molecule has 0 saturated carbocycles. The molecule has 4 rings (SSSR count). The van der Waals surface area contributed by atoms with Gasteiger partial charge >= 0.3 is 0 Å². The molecule has 4 aromatic heterocycles. The van der Waals surface area contributed by atoms with Crippen molar-refractivity contribution in [2.75, 3.05) is 11.9 Å². The third-order valence-electron chi connectivity index (χ3n) is 7.02. The van der Waals surface area contributed by atoms with Crippen LogP contribution in [0.4, 0.5) is 5.82 Å². The van der Waals surface area contributed by atoms with Gasteiger partial charge in [-0.3, -0.25) is 4.79 Å². The molecule has 0 aliphatic rings. The zero-order valence-corrected chi connectivity index (χ0v) is 26.4. The Labute approximate surface area is 245 Å². The Morgan fingerprint density at radius 3 is 2.51 bits per heavy atom. The van der Waals surface area contributed by atoms with Crippen molar-refractivity contribution in [3.8, 4) is 11.7 Å². The average molecular weight is 598 g/mol. The molecule has 1 unspecified atom stereocenters. The van der Waals surface area contributed by atoms with Crippen molar-refractivity contribution >= 4 is 42.7 Å². The predicted octanol–water partition coefficient (Wildman–Crippen LogP) is 5.73. The van der Waals surface area contributed by atoms with Gasteiger partial charge in [0, 0.05) is 19.3 Å². The predicted molar refractivity (Wildman–Crippen MR) is 160 cm³/mol. The van der Waals surface area contributed by atoms with Crippen molar-refractivity contribution in [1.82, 2.24) is 29.7 Å². The number of hydrogen-bond acceptors (Lipinski definition) is 9. The minimum absolute atomic E-state index is 0.0127. The summed E-state index contributed by atoms with van der Waals surface area (Å²) in [7, 11) is -2.08. The lowest BCUT2D eigenvalue weighted by Crippen LogP contribution is -2.50. The van der Waals surface area contributed by atoms with Gasteiger partial charge in [0.15, 0.2) is 19.8 Å². The van der Waals surface area contributed by atoms with Crippen LogP contribution in [-0.4, -0.2) is 62.4 Å². The standard InChI is InChI=1S/C28H36ClN7O4Si/c1-18-11-12-22(31-14-18)35-26(37)28(6,38-16-19(2)40-41(7,8)27(3,4)5)39-25-20-15-34-36(23(20)32-17-33-25)24-21(29)10-9-13-30-24/h9-15,17,19H,16H2,1-8H3,(H,31,35,37)/t19?,28-/m0/s1. The summed E-state index contributed by atoms with van der Waals surface area (Å²) in [6.45, 7) is 16.3. The number of nitrogens with zero attached hydrogens (tertiary/aromatic N) is 6. The van der Waals surface area contributed by atoms with E-state index in [-0.39, 0.29) is 23.6 Å². The number of pyridine rings is 2. The maximum atomic E-state index is 13.7. The van der Waals surface area contributed by atoms with E-state index in [0.717, 1.165) is 5.56 Å². The molecular formula is C28H36ClN7O4Si. The molecule has 1 N–H and O–H groups in total. The second kappa shape index (κ2) is 11.8. The Hall–Kier alpha value is -3.45. The lowest BCUT2D eigenvalue weighted by molar-refractivity contribution is -0.190. The molecular weight excluding hydrogens is 562 g/mol. The van der Waals surface area contributed by atoms with E-state index in [0.29, 0.717) is 27.7 Å². The molecule has 0 radical (unpaired) electrons. The number of aromatic nitrogens is 6. The quantitative estimate of drug-likeness (QED) is 0.180. The SMILES string of the molecule is Cc1ccc(NC(=O)[C@@](C)(OCC(C)O[Si](C)(C)C(C)(C)C)Oc2ncnc3c2cnn3-c2ncccc2Cl)nc1. The van der Waals surface area contributed by atoms with Gasteiger partial charge in [-0.05, 0) is 55.7 Å². The molecule has 0 aliphatic carbocycles. The molecule has 41 heavy (non-hydrogen) atoms. The van der Waals surface area contributed by atoms with Crippen LogP contribution in [0, 0.1) is 6.92 Å². The Bertz CT molecular complexity index is 1520. The third-order valence-corrected chi connectivity index (χ3v) is 11.9. The second-order valence-corrected chi connectivity index (χ2v) is 16.7. The van der Waals surface area contributed by atoms with Crippen LogP contribution in [-0.2, 0) is 14.0 Å². The van der Waals surface area contributed by atoms with E-state index in [2.05, 4.69) is 64.2 Å². The van der Waals surface area contributed by atoms with Gasteiger partial charge in [0.2, 0.25) is 5.88 Å². The normalized spacial score (nSPS) is 14.5. The van der Waals surface area contributed by atoms with Gasteiger partial charge in [-0.1, -0.05) is 38.4 Å². The summed E-state index contributed by atoms with van der Waals surface area (Å²) in [5.74, 6) is -1.53. The summed E-state index contributed by atoms with van der Waals surface area (Å²) >= 11 is 6.35. The van der Waals surface area contributed by atoms with Crippen LogP contribution in [0.2, 0.25) is 23.2 Å². The van der Waals surface area contributed by atoms with Crippen LogP contribution in [0.1, 0.15) is 40.2 Å². The Morgan fingerprint density at radius 1 is 1.10 bits per heavy atom. The molecule has 0 bridgehead atoms. The van der Waals surface area contributed by atoms with E-state index in [4.69, 9.17) is 25.5 Å². The van der Waals surface area contributed by atoms with Crippen LogP contribution in [0.3, 0.4) is 0 Å². The molecule has 0 aromatic carbocycles. The molecule has 218 valence electrons. The minimum atomic E-state index is -2.08. The fourth-order valence-corrected chi connectivity index (χ4v) is 5.31. The number of ether oxygens (including phenoxy) is 2. The number of carbonyl (C=O) groups is 1. The van der Waals surface area contributed by atoms with E-state index in [1.165, 1.54) is 24.1 Å². The first-order chi connectivity index (χ1) is 19.2. The number of carbonyl (C=O) groups excluding carboxylic acids is 1. The monoisotopic (exact) mass is 597 g/mol. The summed E-state index contributed by atoms with van der Waals surface area (Å²) in [5, 5.41) is 8.03. The smallest absolute Gasteiger partial charge is 0.298 e. The van der Waals surface area contributed by atoms with E-state index in [1.807, 2.05) is 19.9 Å². The van der Waals surface area contributed by atoms with E-state index in [9.17, 15) is 4.79 Å². The first-order valence-electron chi connectivity index (χ1n) is 13.2. The topological polar surface area (TPSA) is 126 Å². The highest BCUT2D eigenvalue weighted by Gasteiger charge is 2.42. The molecule has 2 atom stereocenters. The number of nitrogens with one attached hydrogen (secondary N) is 1. The van der Waals surface area contributed by atoms with Crippen molar-refractivity contribution in [3.63, 3.8) is 0 Å². The van der Waals surface area contributed by atoms with Gasteiger partial charge in [0.25, 0.3) is 11.7 Å². The number of anilines is 1. The lowest BCUT2D eigenvalue weighted by Gasteiger charge is -2.39. The highest BCUT2D eigenvalue weighted by molar-refractivity contribution is 6.74.